The van der Waals surface area contributed by atoms with Crippen LogP contribution in [0, 0.1) is 0 Å². The van der Waals surface area contributed by atoms with Crippen molar-refractivity contribution in [3.63, 3.8) is 0 Å². The minimum atomic E-state index is -7.01. The molecular weight excluding hydrogens is 612 g/mol. The number of carboxylic acids is 1. The normalized spacial score (nSPS) is 26.4. The largest absolute Gasteiger partial charge is 0.481 e. The lowest BCUT2D eigenvalue weighted by molar-refractivity contribution is -0.456. The van der Waals surface area contributed by atoms with Gasteiger partial charge in [-0.25, -0.2) is 8.92 Å². The number of carbonyl (C=O) groups is 1. The van der Waals surface area contributed by atoms with Gasteiger partial charge in [0, 0.05) is 26.7 Å². The Labute approximate surface area is 227 Å². The van der Waals surface area contributed by atoms with Gasteiger partial charge in [-0.3, -0.25) is 4.79 Å². The lowest BCUT2D eigenvalue weighted by Gasteiger charge is -2.33. The van der Waals surface area contributed by atoms with Crippen molar-refractivity contribution in [2.75, 3.05) is 6.61 Å². The summed E-state index contributed by atoms with van der Waals surface area (Å²) in [5.41, 5.74) is 0. The third-order valence-electron chi connectivity index (χ3n) is 5.79. The number of hydrogen-bond acceptors (Lipinski definition) is 10. The van der Waals surface area contributed by atoms with Crippen molar-refractivity contribution in [1.29, 1.82) is 0 Å². The van der Waals surface area contributed by atoms with E-state index in [0.29, 0.717) is 0 Å². The fourth-order valence-corrected chi connectivity index (χ4v) is 4.77. The van der Waals surface area contributed by atoms with Gasteiger partial charge >= 0.3 is 45.4 Å². The molecule has 0 aromatic carbocycles. The van der Waals surface area contributed by atoms with E-state index >= 15 is 0 Å². The van der Waals surface area contributed by atoms with Gasteiger partial charge in [0.05, 0.1) is 6.61 Å². The van der Waals surface area contributed by atoms with Crippen molar-refractivity contribution >= 4 is 16.1 Å². The average molecular weight is 638 g/mol. The molecule has 20 heteroatoms. The summed E-state index contributed by atoms with van der Waals surface area (Å²) in [4.78, 5) is 10.4. The summed E-state index contributed by atoms with van der Waals surface area (Å²) in [7, 11) is -7.01. The number of ether oxygens (including phenoxy) is 6. The highest BCUT2D eigenvalue weighted by Gasteiger charge is 2.75. The van der Waals surface area contributed by atoms with Crippen LogP contribution >= 0.6 is 0 Å². The molecular formula is C21H26F8O11S. The maximum absolute atomic E-state index is 14.7. The Kier molecular flexibility index (Phi) is 8.56. The second-order valence-corrected chi connectivity index (χ2v) is 11.7. The van der Waals surface area contributed by atoms with Gasteiger partial charge in [0.15, 0.2) is 18.0 Å². The second-order valence-electron chi connectivity index (χ2n) is 10.1. The van der Waals surface area contributed by atoms with E-state index in [1.165, 1.54) is 27.7 Å². The van der Waals surface area contributed by atoms with Gasteiger partial charge in [-0.1, -0.05) is 0 Å². The molecule has 0 bridgehead atoms. The summed E-state index contributed by atoms with van der Waals surface area (Å²) < 4.78 is 172. The number of carboxylic acid groups (broad SMARTS) is 1. The van der Waals surface area contributed by atoms with Gasteiger partial charge in [0.2, 0.25) is 11.5 Å². The Bertz CT molecular complexity index is 1160. The maximum atomic E-state index is 14.7. The molecule has 238 valence electrons. The number of hydrogen-bond donors (Lipinski definition) is 1. The number of unbranched alkanes of at least 4 members (excludes halogenated alkanes) is 1. The minimum absolute atomic E-state index is 0.342. The quantitative estimate of drug-likeness (QED) is 0.176. The molecule has 0 aliphatic carbocycles. The fourth-order valence-electron chi connectivity index (χ4n) is 3.84. The monoisotopic (exact) mass is 638 g/mol. The van der Waals surface area contributed by atoms with Crippen LogP contribution < -0.4 is 0 Å². The van der Waals surface area contributed by atoms with E-state index in [1.807, 2.05) is 0 Å². The first-order valence-electron chi connectivity index (χ1n) is 11.8. The Balaban J connectivity index is 1.82. The molecule has 0 aromatic rings. The van der Waals surface area contributed by atoms with Gasteiger partial charge in [0.1, 0.15) is 6.10 Å². The Morgan fingerprint density at radius 1 is 0.976 bits per heavy atom. The predicted octanol–water partition coefficient (Wildman–Crippen LogP) is 4.28. The van der Waals surface area contributed by atoms with Gasteiger partial charge < -0.3 is 28.8 Å². The van der Waals surface area contributed by atoms with Crippen LogP contribution in [0.3, 0.4) is 0 Å². The highest BCUT2D eigenvalue weighted by molar-refractivity contribution is 7.87. The molecule has 3 heterocycles. The third-order valence-corrected chi connectivity index (χ3v) is 7.12. The van der Waals surface area contributed by atoms with Gasteiger partial charge in [0.25, 0.3) is 0 Å². The van der Waals surface area contributed by atoms with Crippen molar-refractivity contribution in [1.82, 2.24) is 0 Å². The molecule has 0 amide bonds. The van der Waals surface area contributed by atoms with Crippen molar-refractivity contribution < 1.29 is 86.0 Å². The molecule has 0 spiro atoms. The molecule has 1 saturated heterocycles. The molecule has 3 atom stereocenters. The first-order valence-corrected chi connectivity index (χ1v) is 13.2. The number of alkyl halides is 8. The summed E-state index contributed by atoms with van der Waals surface area (Å²) in [6.45, 7) is 5.03. The Morgan fingerprint density at radius 2 is 1.59 bits per heavy atom. The number of halogens is 8. The fraction of sp³-hybridized carbons (Fsp3) is 0.857. The van der Waals surface area contributed by atoms with E-state index in [-0.39, 0.29) is 6.61 Å². The zero-order chi connectivity index (χ0) is 31.4. The topological polar surface area (TPSA) is 136 Å². The van der Waals surface area contributed by atoms with Gasteiger partial charge in [-0.05, 0) is 26.7 Å². The van der Waals surface area contributed by atoms with Crippen molar-refractivity contribution in [2.24, 2.45) is 0 Å². The highest BCUT2D eigenvalue weighted by Crippen LogP contribution is 2.50. The van der Waals surface area contributed by atoms with Crippen LogP contribution in [-0.2, 0) is 47.5 Å². The highest BCUT2D eigenvalue weighted by atomic mass is 32.2. The number of rotatable bonds is 13. The minimum Gasteiger partial charge on any atom is -0.481 e. The Hall–Kier alpha value is -2.16. The first-order chi connectivity index (χ1) is 18.3. The number of aliphatic carboxylic acids is 1. The first kappa shape index (κ1) is 33.3. The van der Waals surface area contributed by atoms with E-state index in [1.54, 1.807) is 0 Å². The second kappa shape index (κ2) is 10.5. The van der Waals surface area contributed by atoms with E-state index in [9.17, 15) is 48.3 Å². The summed E-state index contributed by atoms with van der Waals surface area (Å²) in [6.07, 6.45) is -22.7. The van der Waals surface area contributed by atoms with E-state index in [0.717, 1.165) is 0 Å². The molecule has 0 aromatic heterocycles. The van der Waals surface area contributed by atoms with Crippen molar-refractivity contribution in [3.8, 4) is 0 Å². The molecule has 11 nitrogen and oxygen atoms in total. The van der Waals surface area contributed by atoms with Crippen LogP contribution in [0.2, 0.25) is 0 Å². The molecule has 0 radical (unpaired) electrons. The zero-order valence-electron chi connectivity index (χ0n) is 21.7. The van der Waals surface area contributed by atoms with Gasteiger partial charge in [-0.15, -0.1) is 0 Å². The predicted molar refractivity (Wildman–Crippen MR) is 114 cm³/mol. The van der Waals surface area contributed by atoms with Crippen molar-refractivity contribution in [2.45, 2.75) is 107 Å². The average Bonchev–Trinajstić information content (AvgIpc) is 3.39. The molecule has 0 saturated carbocycles. The Morgan fingerprint density at radius 3 is 2.12 bits per heavy atom. The zero-order valence-corrected chi connectivity index (χ0v) is 22.5. The van der Waals surface area contributed by atoms with Crippen LogP contribution in [0.5, 0.6) is 0 Å². The third kappa shape index (κ3) is 6.75. The molecule has 3 rings (SSSR count). The SMILES string of the molecule is CC1(C)OC2=C(O1)C(OS(=O)(=O)C(F)(F)C(F)(F)OC(F)(F)C(F)(F)CCCCC(=O)O)[C@@H](C1COC(C)(C)O1)O2. The summed E-state index contributed by atoms with van der Waals surface area (Å²) in [5, 5.41) is 1.77. The standard InChI is InChI=1S/C21H26F8O11S/c1-16(2)34-9-10(36-16)12-13(14-15(35-12)38-17(3,4)37-14)39-41(32,33)21(28,29)20(26,27)40-19(24,25)18(22,23)8-6-5-7-11(30)31/h10,12-13H,5-9H2,1-4H3,(H,30,31)/t10?,12-,13?/m1/s1. The summed E-state index contributed by atoms with van der Waals surface area (Å²) in [6, 6.07) is 0. The molecule has 1 fully saturated rings. The lowest BCUT2D eigenvalue weighted by Crippen LogP contribution is -2.57. The van der Waals surface area contributed by atoms with Crippen molar-refractivity contribution in [3.05, 3.63) is 11.7 Å². The summed E-state index contributed by atoms with van der Waals surface area (Å²) in [5.74, 6) is -11.1. The van der Waals surface area contributed by atoms with Crippen LogP contribution in [0.4, 0.5) is 35.1 Å². The molecule has 41 heavy (non-hydrogen) atoms. The van der Waals surface area contributed by atoms with Gasteiger partial charge in [-0.2, -0.15) is 43.5 Å². The molecule has 3 aliphatic heterocycles. The summed E-state index contributed by atoms with van der Waals surface area (Å²) >= 11 is 0. The van der Waals surface area contributed by atoms with Crippen LogP contribution in [0.25, 0.3) is 0 Å². The maximum Gasteiger partial charge on any atom is 0.460 e. The van der Waals surface area contributed by atoms with E-state index < -0.39 is 107 Å². The van der Waals surface area contributed by atoms with E-state index in [4.69, 9.17) is 28.8 Å². The lowest BCUT2D eigenvalue weighted by atomic mass is 10.1. The molecule has 1 N–H and O–H groups in total. The van der Waals surface area contributed by atoms with Crippen LogP contribution in [0.1, 0.15) is 53.4 Å². The smallest absolute Gasteiger partial charge is 0.460 e. The molecule has 2 unspecified atom stereocenters. The van der Waals surface area contributed by atoms with Crippen LogP contribution in [0.15, 0.2) is 11.7 Å². The molecule has 3 aliphatic rings. The van der Waals surface area contributed by atoms with Crippen LogP contribution in [-0.4, -0.2) is 79.4 Å². The van der Waals surface area contributed by atoms with E-state index in [2.05, 4.69) is 8.92 Å².